The molecule has 10 rings (SSSR count). The molecule has 0 radical (unpaired) electrons. The Morgan fingerprint density at radius 3 is 2.20 bits per heavy atom. The molecule has 0 saturated carbocycles. The van der Waals surface area contributed by atoms with Gasteiger partial charge in [-0.2, -0.15) is 0 Å². The fraction of sp³-hybridized carbons (Fsp3) is 0.148. The van der Waals surface area contributed by atoms with Crippen molar-refractivity contribution in [3.8, 4) is 0 Å². The van der Waals surface area contributed by atoms with E-state index in [9.17, 15) is 0 Å². The lowest BCUT2D eigenvalue weighted by molar-refractivity contribution is 0.970. The van der Waals surface area contributed by atoms with E-state index in [1.165, 1.54) is 82.6 Å². The van der Waals surface area contributed by atoms with Crippen LogP contribution in [0, 0.1) is 0 Å². The molecule has 1 saturated heterocycles. The van der Waals surface area contributed by atoms with Gasteiger partial charge in [-0.3, -0.25) is 0 Å². The van der Waals surface area contributed by atoms with Gasteiger partial charge in [0.05, 0.1) is 0 Å². The largest absolute Gasteiger partial charge is 0.310 e. The van der Waals surface area contributed by atoms with Crippen LogP contribution in [0.4, 0.5) is 17.1 Å². The average Bonchev–Trinajstić information content (AvgIpc) is 3.67. The fourth-order valence-electron chi connectivity index (χ4n) is 9.63. The highest BCUT2D eigenvalue weighted by Crippen LogP contribution is 2.72. The maximum atomic E-state index is 4.24. The Hall–Kier alpha value is -5.88. The molecule has 2 aliphatic heterocycles. The molecule has 0 N–H and O–H groups in total. The highest BCUT2D eigenvalue weighted by atomic mass is 32.3. The first-order valence-electron chi connectivity index (χ1n) is 22.9. The van der Waals surface area contributed by atoms with E-state index in [0.717, 1.165) is 29.8 Å². The number of rotatable bonds is 15. The van der Waals surface area contributed by atoms with E-state index in [2.05, 4.69) is 233 Å². The van der Waals surface area contributed by atoms with Gasteiger partial charge in [-0.15, -0.1) is 0 Å². The van der Waals surface area contributed by atoms with Crippen LogP contribution in [0.3, 0.4) is 0 Å². The van der Waals surface area contributed by atoms with Gasteiger partial charge >= 0.3 is 0 Å². The molecule has 1 fully saturated rings. The second-order valence-corrected chi connectivity index (χ2v) is 24.7. The Kier molecular flexibility index (Phi) is 13.4. The molecule has 324 valence electrons. The van der Waals surface area contributed by atoms with Crippen molar-refractivity contribution in [3.05, 3.63) is 240 Å². The zero-order valence-electron chi connectivity index (χ0n) is 38.2. The summed E-state index contributed by atoms with van der Waals surface area (Å²) in [5, 5.41) is 10.5. The maximum absolute atomic E-state index is 4.24. The van der Waals surface area contributed by atoms with Crippen molar-refractivity contribution in [3.63, 3.8) is 0 Å². The minimum Gasteiger partial charge on any atom is -0.310 e. The van der Waals surface area contributed by atoms with Crippen LogP contribution in [-0.2, 0) is 0 Å². The molecule has 2 aliphatic carbocycles. The van der Waals surface area contributed by atoms with Crippen molar-refractivity contribution < 1.29 is 0 Å². The van der Waals surface area contributed by atoms with E-state index in [0.29, 0.717) is 13.8 Å². The van der Waals surface area contributed by atoms with E-state index in [1.807, 2.05) is 12.2 Å². The molecular weight excluding hydrogens is 841 g/mol. The molecule has 2 bridgehead atoms. The lowest BCUT2D eigenvalue weighted by Gasteiger charge is -2.57. The molecule has 6 aromatic rings. The van der Waals surface area contributed by atoms with E-state index < -0.39 is 17.6 Å². The summed E-state index contributed by atoms with van der Waals surface area (Å²) in [6.45, 7) is 15.0. The van der Waals surface area contributed by atoms with Crippen molar-refractivity contribution in [1.82, 2.24) is 0 Å². The van der Waals surface area contributed by atoms with E-state index >= 15 is 0 Å². The number of fused-ring (bicyclic) bond motifs is 4. The van der Waals surface area contributed by atoms with Gasteiger partial charge in [0.25, 0.3) is 0 Å². The lowest BCUT2D eigenvalue weighted by Crippen LogP contribution is -2.35. The predicted molar refractivity (Wildman–Crippen MR) is 298 cm³/mol. The zero-order chi connectivity index (χ0) is 44.9. The summed E-state index contributed by atoms with van der Waals surface area (Å²) >= 11 is 0. The third-order valence-corrected chi connectivity index (χ3v) is 21.6. The number of allylic oxidation sites excluding steroid dienone is 18. The maximum Gasteiger partial charge on any atom is 0.0471 e. The quantitative estimate of drug-likeness (QED) is 0.0733. The van der Waals surface area contributed by atoms with Crippen LogP contribution < -0.4 is 10.2 Å². The summed E-state index contributed by atoms with van der Waals surface area (Å²) in [5.74, 6) is 1.26. The van der Waals surface area contributed by atoms with Gasteiger partial charge in [0, 0.05) is 32.5 Å². The SMILES string of the molecule is C=C/C=C(\C=C/C)Pc1cc(C2=CC=C3CC2S3(C)CC)ccc1/C(C)=C/C=C(C=C)/C=C/c1ccc2c3ccc(N(c4ccccc4)c4ccccc4)cc3p(C3=CC=CCC3)c2c1. The standard InChI is InChI=1S/C61H59NP2S/c1-7-20-51(21-8-2)63-58-41-47(55-39-35-53-43-61(55)65(53,6)10-4)33-37-54(58)44(5)28-29-45(9-3)30-31-46-32-36-56-57-38-34-50(42-60(57)64(59(56)40-46)52-26-18-13-19-27-52)62(48-22-14-11-15-23-48)49-24-16-12-17-25-49/h7-9,11-18,20-26,28-42,61,63H,1,3,10,19,27,43H2,2,4-6H3/b21-8-,31-30+,44-28+,45-29+,51-20+. The monoisotopic (exact) mass is 899 g/mol. The Bertz CT molecular complexity index is 3050. The molecule has 4 heteroatoms. The second kappa shape index (κ2) is 19.7. The lowest BCUT2D eigenvalue weighted by atomic mass is 9.94. The molecule has 4 unspecified atom stereocenters. The van der Waals surface area contributed by atoms with Crippen molar-refractivity contribution in [2.75, 3.05) is 16.9 Å². The molecular formula is C61H59NP2S. The minimum absolute atomic E-state index is 0.520. The van der Waals surface area contributed by atoms with Crippen LogP contribution in [-0.4, -0.2) is 17.3 Å². The van der Waals surface area contributed by atoms with Crippen LogP contribution in [0.25, 0.3) is 43.5 Å². The number of hydrogen-bond acceptors (Lipinski definition) is 1. The third-order valence-electron chi connectivity index (χ3n) is 13.3. The number of anilines is 3. The molecule has 1 nitrogen and oxygen atoms in total. The summed E-state index contributed by atoms with van der Waals surface area (Å²) in [7, 11) is -0.892. The normalized spacial score (nSPS) is 20.2. The Morgan fingerprint density at radius 1 is 0.800 bits per heavy atom. The molecule has 0 amide bonds. The first-order chi connectivity index (χ1) is 31.8. The highest BCUT2D eigenvalue weighted by Gasteiger charge is 2.45. The van der Waals surface area contributed by atoms with E-state index in [4.69, 9.17) is 0 Å². The second-order valence-electron chi connectivity index (χ2n) is 17.1. The molecule has 0 spiro atoms. The van der Waals surface area contributed by atoms with Gasteiger partial charge in [0.2, 0.25) is 0 Å². The first kappa shape index (κ1) is 44.3. The number of para-hydroxylation sites is 2. The van der Waals surface area contributed by atoms with Crippen LogP contribution >= 0.6 is 26.1 Å². The Labute approximate surface area is 391 Å². The predicted octanol–water partition coefficient (Wildman–Crippen LogP) is 18.3. The van der Waals surface area contributed by atoms with E-state index in [1.54, 1.807) is 4.91 Å². The summed E-state index contributed by atoms with van der Waals surface area (Å²) in [6, 6.07) is 42.9. The van der Waals surface area contributed by atoms with E-state index in [-0.39, 0.29) is 0 Å². The summed E-state index contributed by atoms with van der Waals surface area (Å²) in [4.78, 5) is 4.08. The van der Waals surface area contributed by atoms with Gasteiger partial charge < -0.3 is 4.90 Å². The number of nitrogens with zero attached hydrogens (tertiary/aromatic N) is 1. The molecule has 1 aromatic heterocycles. The summed E-state index contributed by atoms with van der Waals surface area (Å²) in [5.41, 5.74) is 11.2. The highest BCUT2D eigenvalue weighted by molar-refractivity contribution is 8.38. The third kappa shape index (κ3) is 8.94. The fourth-order valence-corrected chi connectivity index (χ4v) is 17.0. The number of hydrogen-bond donors (Lipinski definition) is 0. The molecule has 65 heavy (non-hydrogen) atoms. The molecule has 5 aromatic carbocycles. The van der Waals surface area contributed by atoms with Gasteiger partial charge in [0.15, 0.2) is 0 Å². The van der Waals surface area contributed by atoms with Crippen LogP contribution in [0.1, 0.15) is 56.7 Å². The molecule has 4 atom stereocenters. The zero-order valence-corrected chi connectivity index (χ0v) is 40.9. The Morgan fingerprint density at radius 2 is 1.54 bits per heavy atom. The van der Waals surface area contributed by atoms with Crippen LogP contribution in [0.5, 0.6) is 0 Å². The van der Waals surface area contributed by atoms with Crippen molar-refractivity contribution in [2.24, 2.45) is 0 Å². The topological polar surface area (TPSA) is 3.24 Å². The van der Waals surface area contributed by atoms with Crippen molar-refractivity contribution in [1.29, 1.82) is 0 Å². The summed E-state index contributed by atoms with van der Waals surface area (Å²) in [6.07, 6.45) is 37.1. The van der Waals surface area contributed by atoms with Gasteiger partial charge in [-0.25, -0.2) is 10.0 Å². The van der Waals surface area contributed by atoms with Gasteiger partial charge in [-0.05, 0) is 159 Å². The minimum atomic E-state index is -0.711. The van der Waals surface area contributed by atoms with Crippen LogP contribution in [0.2, 0.25) is 0 Å². The summed E-state index contributed by atoms with van der Waals surface area (Å²) < 4.78 is 0. The van der Waals surface area contributed by atoms with Gasteiger partial charge in [-0.1, -0.05) is 188 Å². The first-order valence-corrected chi connectivity index (χ1v) is 27.5. The van der Waals surface area contributed by atoms with Crippen LogP contribution in [0.15, 0.2) is 223 Å². The smallest absolute Gasteiger partial charge is 0.0471 e. The average molecular weight is 900 g/mol. The van der Waals surface area contributed by atoms with Gasteiger partial charge in [0.1, 0.15) is 0 Å². The Balaban J connectivity index is 1.06. The molecule has 4 aliphatic rings. The number of benzene rings is 5. The van der Waals surface area contributed by atoms with Crippen molar-refractivity contribution in [2.45, 2.75) is 45.3 Å². The van der Waals surface area contributed by atoms with Crippen molar-refractivity contribution >= 4 is 92.1 Å². The molecule has 3 heterocycles.